The highest BCUT2D eigenvalue weighted by Gasteiger charge is 2.21. The summed E-state index contributed by atoms with van der Waals surface area (Å²) >= 11 is 0. The average molecular weight is 165 g/mol. The second-order valence-electron chi connectivity index (χ2n) is 3.99. The van der Waals surface area contributed by atoms with Crippen LogP contribution in [0.2, 0.25) is 0 Å². The molecular formula is C9H15N3. The molecule has 0 atom stereocenters. The molecule has 0 radical (unpaired) electrons. The molecule has 0 bridgehead atoms. The van der Waals surface area contributed by atoms with Crippen molar-refractivity contribution in [1.82, 2.24) is 9.55 Å². The van der Waals surface area contributed by atoms with E-state index in [1.54, 1.807) is 6.20 Å². The fourth-order valence-corrected chi connectivity index (χ4v) is 0.942. The van der Waals surface area contributed by atoms with Crippen molar-refractivity contribution in [2.45, 2.75) is 20.8 Å². The summed E-state index contributed by atoms with van der Waals surface area (Å²) in [4.78, 5) is 4.12. The third kappa shape index (κ3) is 1.55. The molecule has 1 aromatic rings. The van der Waals surface area contributed by atoms with Gasteiger partial charge in [0.1, 0.15) is 0 Å². The van der Waals surface area contributed by atoms with E-state index in [-0.39, 0.29) is 5.41 Å². The summed E-state index contributed by atoms with van der Waals surface area (Å²) in [5.41, 5.74) is 0.453. The largest absolute Gasteiger partial charge is 0.333 e. The number of aryl methyl sites for hydroxylation is 1. The summed E-state index contributed by atoms with van der Waals surface area (Å²) in [6.07, 6.45) is 3.57. The molecule has 0 saturated heterocycles. The Morgan fingerprint density at radius 2 is 2.08 bits per heavy atom. The summed E-state index contributed by atoms with van der Waals surface area (Å²) in [6.45, 7) is 6.05. The number of imidazole rings is 1. The second-order valence-corrected chi connectivity index (χ2v) is 3.99. The normalized spacial score (nSPS) is 11.7. The fraction of sp³-hybridized carbons (Fsp3) is 0.556. The lowest BCUT2D eigenvalue weighted by Gasteiger charge is -2.18. The molecule has 0 spiro atoms. The molecule has 0 aliphatic carbocycles. The lowest BCUT2D eigenvalue weighted by Crippen LogP contribution is -2.23. The maximum Gasteiger partial charge on any atom is 0.153 e. The molecule has 12 heavy (non-hydrogen) atoms. The van der Waals surface area contributed by atoms with Crippen LogP contribution in [0.5, 0.6) is 0 Å². The van der Waals surface area contributed by atoms with Gasteiger partial charge >= 0.3 is 0 Å². The predicted octanol–water partition coefficient (Wildman–Crippen LogP) is 1.83. The molecule has 1 rings (SSSR count). The molecule has 66 valence electrons. The molecule has 0 unspecified atom stereocenters. The van der Waals surface area contributed by atoms with Crippen LogP contribution >= 0.6 is 0 Å². The maximum absolute atomic E-state index is 7.86. The van der Waals surface area contributed by atoms with Gasteiger partial charge in [0.05, 0.1) is 5.71 Å². The first-order valence-electron chi connectivity index (χ1n) is 3.99. The van der Waals surface area contributed by atoms with E-state index in [0.717, 1.165) is 5.82 Å². The number of hydrogen-bond acceptors (Lipinski definition) is 2. The third-order valence-corrected chi connectivity index (χ3v) is 1.79. The van der Waals surface area contributed by atoms with Crippen molar-refractivity contribution in [3.05, 3.63) is 18.2 Å². The van der Waals surface area contributed by atoms with Crippen LogP contribution in [0.25, 0.3) is 0 Å². The van der Waals surface area contributed by atoms with Crippen molar-refractivity contribution < 1.29 is 0 Å². The Bertz CT molecular complexity index is 291. The minimum absolute atomic E-state index is 0.126. The lowest BCUT2D eigenvalue weighted by molar-refractivity contribution is 0.581. The molecule has 0 aliphatic heterocycles. The summed E-state index contributed by atoms with van der Waals surface area (Å²) in [5, 5.41) is 7.86. The summed E-state index contributed by atoms with van der Waals surface area (Å²) in [7, 11) is 1.91. The monoisotopic (exact) mass is 165 g/mol. The Labute approximate surface area is 72.9 Å². The molecule has 0 aromatic carbocycles. The van der Waals surface area contributed by atoms with Crippen LogP contribution in [0.4, 0.5) is 0 Å². The molecule has 1 heterocycles. The van der Waals surface area contributed by atoms with E-state index in [0.29, 0.717) is 5.71 Å². The molecule has 0 aliphatic rings. The van der Waals surface area contributed by atoms with Crippen LogP contribution in [0.15, 0.2) is 12.4 Å². The van der Waals surface area contributed by atoms with Crippen molar-refractivity contribution in [3.63, 3.8) is 0 Å². The van der Waals surface area contributed by atoms with Crippen molar-refractivity contribution in [2.24, 2.45) is 12.5 Å². The van der Waals surface area contributed by atoms with Gasteiger partial charge in [-0.1, -0.05) is 20.8 Å². The van der Waals surface area contributed by atoms with Crippen molar-refractivity contribution in [1.29, 1.82) is 5.41 Å². The first-order chi connectivity index (χ1) is 5.43. The smallest absolute Gasteiger partial charge is 0.153 e. The summed E-state index contributed by atoms with van der Waals surface area (Å²) in [5.74, 6) is 0.752. The van der Waals surface area contributed by atoms with Gasteiger partial charge in [-0.2, -0.15) is 0 Å². The number of nitrogens with one attached hydrogen (secondary N) is 1. The number of rotatable bonds is 1. The zero-order valence-electron chi connectivity index (χ0n) is 8.05. The highest BCUT2D eigenvalue weighted by atomic mass is 15.0. The van der Waals surface area contributed by atoms with E-state index in [2.05, 4.69) is 4.98 Å². The van der Waals surface area contributed by atoms with E-state index >= 15 is 0 Å². The molecule has 0 amide bonds. The Balaban J connectivity index is 3.01. The van der Waals surface area contributed by atoms with Gasteiger partial charge in [0, 0.05) is 24.9 Å². The van der Waals surface area contributed by atoms with Crippen molar-refractivity contribution >= 4 is 5.71 Å². The van der Waals surface area contributed by atoms with Crippen LogP contribution in [0, 0.1) is 10.8 Å². The summed E-state index contributed by atoms with van der Waals surface area (Å²) in [6, 6.07) is 0. The Morgan fingerprint density at radius 3 is 2.42 bits per heavy atom. The van der Waals surface area contributed by atoms with Crippen molar-refractivity contribution in [3.8, 4) is 0 Å². The van der Waals surface area contributed by atoms with Crippen molar-refractivity contribution in [2.75, 3.05) is 0 Å². The van der Waals surface area contributed by atoms with Gasteiger partial charge in [-0.3, -0.25) is 0 Å². The van der Waals surface area contributed by atoms with E-state index in [9.17, 15) is 0 Å². The highest BCUT2D eigenvalue weighted by molar-refractivity contribution is 5.98. The molecule has 3 nitrogen and oxygen atoms in total. The van der Waals surface area contributed by atoms with Gasteiger partial charge in [-0.15, -0.1) is 0 Å². The lowest BCUT2D eigenvalue weighted by atomic mass is 9.89. The summed E-state index contributed by atoms with van der Waals surface area (Å²) < 4.78 is 1.87. The number of aromatic nitrogens is 2. The van der Waals surface area contributed by atoms with E-state index in [1.165, 1.54) is 0 Å². The van der Waals surface area contributed by atoms with Crippen LogP contribution in [-0.2, 0) is 7.05 Å². The van der Waals surface area contributed by atoms with Crippen LogP contribution in [0.1, 0.15) is 26.6 Å². The highest BCUT2D eigenvalue weighted by Crippen LogP contribution is 2.18. The quantitative estimate of drug-likeness (QED) is 0.634. The van der Waals surface area contributed by atoms with Crippen LogP contribution < -0.4 is 0 Å². The van der Waals surface area contributed by atoms with Gasteiger partial charge in [0.25, 0.3) is 0 Å². The van der Waals surface area contributed by atoms with Gasteiger partial charge in [-0.25, -0.2) is 4.98 Å². The van der Waals surface area contributed by atoms with E-state index < -0.39 is 0 Å². The first kappa shape index (κ1) is 8.97. The minimum atomic E-state index is -0.126. The fourth-order valence-electron chi connectivity index (χ4n) is 0.942. The minimum Gasteiger partial charge on any atom is -0.333 e. The van der Waals surface area contributed by atoms with Gasteiger partial charge < -0.3 is 9.98 Å². The zero-order chi connectivity index (χ0) is 9.35. The predicted molar refractivity (Wildman–Crippen MR) is 49.5 cm³/mol. The first-order valence-corrected chi connectivity index (χ1v) is 3.99. The SMILES string of the molecule is Cn1ccnc1C(=N)C(C)(C)C. The number of hydrogen-bond donors (Lipinski definition) is 1. The number of nitrogens with zero attached hydrogens (tertiary/aromatic N) is 2. The van der Waals surface area contributed by atoms with Crippen LogP contribution in [0.3, 0.4) is 0 Å². The zero-order valence-corrected chi connectivity index (χ0v) is 8.05. The molecule has 1 aromatic heterocycles. The second kappa shape index (κ2) is 2.73. The van der Waals surface area contributed by atoms with E-state index in [4.69, 9.17) is 5.41 Å². The third-order valence-electron chi connectivity index (χ3n) is 1.79. The van der Waals surface area contributed by atoms with Crippen LogP contribution in [-0.4, -0.2) is 15.3 Å². The molecule has 3 heteroatoms. The standard InChI is InChI=1S/C9H15N3/c1-9(2,3)7(10)8-11-5-6-12(8)4/h5-6,10H,1-4H3. The van der Waals surface area contributed by atoms with Gasteiger partial charge in [0.15, 0.2) is 5.82 Å². The molecule has 0 fully saturated rings. The molecule has 1 N–H and O–H groups in total. The molecule has 0 saturated carbocycles. The Hall–Kier alpha value is -1.12. The average Bonchev–Trinajstić information content (AvgIpc) is 2.31. The Morgan fingerprint density at radius 1 is 1.50 bits per heavy atom. The maximum atomic E-state index is 7.86. The topological polar surface area (TPSA) is 41.7 Å². The molecular weight excluding hydrogens is 150 g/mol. The van der Waals surface area contributed by atoms with Gasteiger partial charge in [-0.05, 0) is 0 Å². The Kier molecular flexibility index (Phi) is 2.04. The van der Waals surface area contributed by atoms with E-state index in [1.807, 2.05) is 38.6 Å². The van der Waals surface area contributed by atoms with Gasteiger partial charge in [0.2, 0.25) is 0 Å².